The summed E-state index contributed by atoms with van der Waals surface area (Å²) in [6.45, 7) is 8.88. The Morgan fingerprint density at radius 1 is 1.13 bits per heavy atom. The van der Waals surface area contributed by atoms with Crippen LogP contribution < -0.4 is 0 Å². The first-order valence-electron chi connectivity index (χ1n) is 5.04. The number of hydrogen-bond donors (Lipinski definition) is 1. The highest BCUT2D eigenvalue weighted by atomic mass is 127. The van der Waals surface area contributed by atoms with Crippen molar-refractivity contribution >= 4 is 30.4 Å². The molecule has 0 bridgehead atoms. The van der Waals surface area contributed by atoms with Crippen LogP contribution in [-0.4, -0.2) is 29.5 Å². The quantitative estimate of drug-likeness (QED) is 0.539. The molecule has 0 rings (SSSR count). The standard InChI is InChI=1S/C10H21IO3S/c1-9(2,5-7-12)13-8-6-10(3,4)14-15-11/h12H,5-8H2,1-4H3. The fourth-order valence-corrected chi connectivity index (χ4v) is 2.76. The van der Waals surface area contributed by atoms with E-state index in [0.29, 0.717) is 13.0 Å². The molecule has 0 aromatic rings. The number of halogens is 1. The molecule has 92 valence electrons. The van der Waals surface area contributed by atoms with Crippen molar-refractivity contribution in [3.8, 4) is 0 Å². The van der Waals surface area contributed by atoms with Crippen molar-refractivity contribution in [1.82, 2.24) is 0 Å². The van der Waals surface area contributed by atoms with Crippen LogP contribution in [0.25, 0.3) is 0 Å². The Morgan fingerprint density at radius 3 is 2.20 bits per heavy atom. The van der Waals surface area contributed by atoms with Crippen LogP contribution in [0.3, 0.4) is 0 Å². The van der Waals surface area contributed by atoms with Gasteiger partial charge in [0.25, 0.3) is 0 Å². The molecule has 0 aliphatic heterocycles. The predicted molar refractivity (Wildman–Crippen MR) is 73.1 cm³/mol. The highest BCUT2D eigenvalue weighted by molar-refractivity contribution is 14.2. The number of aliphatic hydroxyl groups excluding tert-OH is 1. The van der Waals surface area contributed by atoms with E-state index in [1.807, 2.05) is 27.7 Å². The molecule has 0 saturated carbocycles. The second kappa shape index (κ2) is 7.32. The van der Waals surface area contributed by atoms with E-state index in [4.69, 9.17) is 14.0 Å². The fraction of sp³-hybridized carbons (Fsp3) is 1.00. The summed E-state index contributed by atoms with van der Waals surface area (Å²) in [6.07, 6.45) is 1.51. The molecule has 5 heteroatoms. The van der Waals surface area contributed by atoms with Crippen LogP contribution in [0.5, 0.6) is 0 Å². The zero-order valence-electron chi connectivity index (χ0n) is 9.88. The predicted octanol–water partition coefficient (Wildman–Crippen LogP) is 3.35. The third-order valence-electron chi connectivity index (χ3n) is 2.17. The van der Waals surface area contributed by atoms with Crippen LogP contribution in [-0.2, 0) is 8.92 Å². The highest BCUT2D eigenvalue weighted by Crippen LogP contribution is 2.26. The topological polar surface area (TPSA) is 38.7 Å². The molecule has 0 unspecified atom stereocenters. The molecule has 0 atom stereocenters. The van der Waals surface area contributed by atoms with Crippen LogP contribution >= 0.6 is 30.4 Å². The molecule has 0 aliphatic rings. The lowest BCUT2D eigenvalue weighted by Gasteiger charge is -2.28. The van der Waals surface area contributed by atoms with Gasteiger partial charge in [0, 0.05) is 34.2 Å². The van der Waals surface area contributed by atoms with Crippen LogP contribution in [0, 0.1) is 0 Å². The summed E-state index contributed by atoms with van der Waals surface area (Å²) in [5.74, 6) is 0. The number of ether oxygens (including phenoxy) is 1. The second-order valence-corrected chi connectivity index (χ2v) is 6.11. The van der Waals surface area contributed by atoms with Crippen molar-refractivity contribution in [1.29, 1.82) is 0 Å². The van der Waals surface area contributed by atoms with Crippen LogP contribution in [0.4, 0.5) is 0 Å². The fourth-order valence-electron chi connectivity index (χ4n) is 1.04. The molecule has 0 radical (unpaired) electrons. The zero-order chi connectivity index (χ0) is 11.9. The van der Waals surface area contributed by atoms with Crippen molar-refractivity contribution in [3.05, 3.63) is 0 Å². The molecule has 1 N–H and O–H groups in total. The Morgan fingerprint density at radius 2 is 1.73 bits per heavy atom. The first-order valence-corrected chi connectivity index (χ1v) is 8.33. The van der Waals surface area contributed by atoms with E-state index in [-0.39, 0.29) is 17.8 Å². The van der Waals surface area contributed by atoms with Gasteiger partial charge in [0.05, 0.1) is 27.0 Å². The number of hydrogen-bond acceptors (Lipinski definition) is 4. The molecule has 0 amide bonds. The molecule has 15 heavy (non-hydrogen) atoms. The van der Waals surface area contributed by atoms with Gasteiger partial charge in [-0.2, -0.15) is 0 Å². The minimum absolute atomic E-state index is 0.163. The first-order chi connectivity index (χ1) is 6.83. The molecule has 0 heterocycles. The minimum Gasteiger partial charge on any atom is -0.396 e. The molecule has 0 fully saturated rings. The van der Waals surface area contributed by atoms with Gasteiger partial charge in [-0.3, -0.25) is 4.18 Å². The monoisotopic (exact) mass is 348 g/mol. The Bertz CT molecular complexity index is 156. The van der Waals surface area contributed by atoms with Gasteiger partial charge in [0.1, 0.15) is 0 Å². The van der Waals surface area contributed by atoms with E-state index in [1.165, 1.54) is 9.21 Å². The smallest absolute Gasteiger partial charge is 0.0804 e. The maximum absolute atomic E-state index is 8.84. The van der Waals surface area contributed by atoms with E-state index in [9.17, 15) is 0 Å². The van der Waals surface area contributed by atoms with E-state index in [2.05, 4.69) is 21.2 Å². The Hall–Kier alpha value is 0.960. The zero-order valence-corrected chi connectivity index (χ0v) is 12.9. The first kappa shape index (κ1) is 16.0. The minimum atomic E-state index is -0.248. The van der Waals surface area contributed by atoms with Gasteiger partial charge in [0.2, 0.25) is 0 Å². The third-order valence-corrected chi connectivity index (χ3v) is 3.22. The van der Waals surface area contributed by atoms with Gasteiger partial charge in [-0.1, -0.05) is 0 Å². The molecule has 0 spiro atoms. The summed E-state index contributed by atoms with van der Waals surface area (Å²) in [7, 11) is 1.35. The highest BCUT2D eigenvalue weighted by Gasteiger charge is 2.22. The van der Waals surface area contributed by atoms with Gasteiger partial charge >= 0.3 is 0 Å². The second-order valence-electron chi connectivity index (χ2n) is 4.74. The molecule has 0 saturated heterocycles. The Balaban J connectivity index is 3.77. The molecule has 0 aromatic carbocycles. The van der Waals surface area contributed by atoms with Crippen molar-refractivity contribution in [2.75, 3.05) is 13.2 Å². The number of aliphatic hydroxyl groups is 1. The Labute approximate surface area is 109 Å². The summed E-state index contributed by atoms with van der Waals surface area (Å²) < 4.78 is 11.2. The Kier molecular flexibility index (Phi) is 7.79. The average molecular weight is 348 g/mol. The summed E-state index contributed by atoms with van der Waals surface area (Å²) >= 11 is 2.11. The van der Waals surface area contributed by atoms with Crippen molar-refractivity contribution in [3.63, 3.8) is 0 Å². The lowest BCUT2D eigenvalue weighted by atomic mass is 10.0. The van der Waals surface area contributed by atoms with E-state index >= 15 is 0 Å². The maximum atomic E-state index is 8.84. The van der Waals surface area contributed by atoms with E-state index < -0.39 is 0 Å². The molecule has 0 aliphatic carbocycles. The van der Waals surface area contributed by atoms with Crippen LogP contribution in [0.2, 0.25) is 0 Å². The third kappa shape index (κ3) is 8.74. The van der Waals surface area contributed by atoms with Gasteiger partial charge < -0.3 is 9.84 Å². The maximum Gasteiger partial charge on any atom is 0.0804 e. The van der Waals surface area contributed by atoms with Gasteiger partial charge in [-0.05, 0) is 34.1 Å². The van der Waals surface area contributed by atoms with Crippen molar-refractivity contribution in [2.24, 2.45) is 0 Å². The molecular weight excluding hydrogens is 327 g/mol. The molecular formula is C10H21IO3S. The lowest BCUT2D eigenvalue weighted by molar-refractivity contribution is -0.0491. The SMILES string of the molecule is CC(C)(CCO)OCCC(C)(C)OSI. The number of rotatable bonds is 8. The summed E-state index contributed by atoms with van der Waals surface area (Å²) in [5.41, 5.74) is -0.413. The average Bonchev–Trinajstić information content (AvgIpc) is 2.02. The summed E-state index contributed by atoms with van der Waals surface area (Å²) in [5, 5.41) is 8.84. The molecule has 0 aromatic heterocycles. The largest absolute Gasteiger partial charge is 0.396 e. The molecule has 3 nitrogen and oxygen atoms in total. The van der Waals surface area contributed by atoms with Crippen LogP contribution in [0.1, 0.15) is 40.5 Å². The van der Waals surface area contributed by atoms with E-state index in [0.717, 1.165) is 6.42 Å². The lowest BCUT2D eigenvalue weighted by Crippen LogP contribution is -2.30. The van der Waals surface area contributed by atoms with Crippen molar-refractivity contribution < 1.29 is 14.0 Å². The van der Waals surface area contributed by atoms with Crippen molar-refractivity contribution in [2.45, 2.75) is 51.7 Å². The van der Waals surface area contributed by atoms with E-state index in [1.54, 1.807) is 0 Å². The van der Waals surface area contributed by atoms with Gasteiger partial charge in [-0.25, -0.2) is 0 Å². The van der Waals surface area contributed by atoms with Gasteiger partial charge in [-0.15, -0.1) is 0 Å². The van der Waals surface area contributed by atoms with Crippen LogP contribution in [0.15, 0.2) is 0 Å². The summed E-state index contributed by atoms with van der Waals surface area (Å²) in [6, 6.07) is 0. The van der Waals surface area contributed by atoms with Gasteiger partial charge in [0.15, 0.2) is 0 Å². The normalized spacial score (nSPS) is 13.2. The summed E-state index contributed by atoms with van der Waals surface area (Å²) in [4.78, 5) is 0.